The quantitative estimate of drug-likeness (QED) is 0.270. The Bertz CT molecular complexity index is 1040. The highest BCUT2D eigenvalue weighted by atomic mass is 127. The van der Waals surface area contributed by atoms with Crippen LogP contribution in [0.15, 0.2) is 60.2 Å². The molecule has 0 amide bonds. The molecule has 0 radical (unpaired) electrons. The summed E-state index contributed by atoms with van der Waals surface area (Å²) in [4.78, 5) is 15.1. The smallest absolute Gasteiger partial charge is 0.191 e. The number of rotatable bonds is 6. The van der Waals surface area contributed by atoms with Crippen molar-refractivity contribution in [3.8, 4) is 11.6 Å². The van der Waals surface area contributed by atoms with Crippen molar-refractivity contribution in [1.29, 1.82) is 0 Å². The fourth-order valence-electron chi connectivity index (χ4n) is 3.69. The molecule has 0 saturated carbocycles. The molecule has 1 fully saturated rings. The van der Waals surface area contributed by atoms with E-state index in [4.69, 9.17) is 16.3 Å². The van der Waals surface area contributed by atoms with Crippen molar-refractivity contribution in [3.63, 3.8) is 0 Å². The summed E-state index contributed by atoms with van der Waals surface area (Å²) in [5.41, 5.74) is 2.13. The molecule has 8 nitrogen and oxygen atoms in total. The van der Waals surface area contributed by atoms with E-state index in [0.717, 1.165) is 48.3 Å². The minimum atomic E-state index is 0. The molecule has 1 aliphatic heterocycles. The van der Waals surface area contributed by atoms with Gasteiger partial charge >= 0.3 is 0 Å². The standard InChI is InChI=1S/C22H26ClN7O.HI/c1-24-22(27-13-16-5-7-26-21(11-16)30-10-8-25-15-30)28-18-6-9-29(14-18)19-12-17(23)3-4-20(19)31-2;/h3-5,7-8,10-12,15,18H,6,9,13-14H2,1-2H3,(H2,24,27,28);1H. The molecule has 170 valence electrons. The Morgan fingerprint density at radius 2 is 2.16 bits per heavy atom. The number of hydrogen-bond donors (Lipinski definition) is 2. The fraction of sp³-hybridized carbons (Fsp3) is 0.318. The number of aromatic nitrogens is 3. The summed E-state index contributed by atoms with van der Waals surface area (Å²) in [6.07, 6.45) is 8.15. The predicted octanol–water partition coefficient (Wildman–Crippen LogP) is 3.49. The third-order valence-corrected chi connectivity index (χ3v) is 5.51. The maximum atomic E-state index is 6.20. The summed E-state index contributed by atoms with van der Waals surface area (Å²) in [6, 6.07) is 10.0. The number of halogens is 2. The Kier molecular flexibility index (Phi) is 8.57. The first-order valence-electron chi connectivity index (χ1n) is 10.1. The van der Waals surface area contributed by atoms with Crippen LogP contribution in [0.2, 0.25) is 5.02 Å². The topological polar surface area (TPSA) is 79.6 Å². The van der Waals surface area contributed by atoms with Crippen molar-refractivity contribution in [2.75, 3.05) is 32.1 Å². The van der Waals surface area contributed by atoms with Gasteiger partial charge in [-0.1, -0.05) is 11.6 Å². The number of anilines is 1. The van der Waals surface area contributed by atoms with E-state index in [1.807, 2.05) is 41.1 Å². The zero-order chi connectivity index (χ0) is 21.6. The molecule has 1 unspecified atom stereocenters. The number of aliphatic imine (C=N–C) groups is 1. The van der Waals surface area contributed by atoms with Gasteiger partial charge in [-0.15, -0.1) is 24.0 Å². The Hall–Kier alpha value is -2.53. The van der Waals surface area contributed by atoms with E-state index < -0.39 is 0 Å². The second-order valence-corrected chi connectivity index (χ2v) is 7.75. The molecule has 1 atom stereocenters. The van der Waals surface area contributed by atoms with Crippen LogP contribution in [0.5, 0.6) is 5.75 Å². The van der Waals surface area contributed by atoms with E-state index in [2.05, 4.69) is 30.5 Å². The van der Waals surface area contributed by atoms with Crippen LogP contribution >= 0.6 is 35.6 Å². The van der Waals surface area contributed by atoms with Gasteiger partial charge in [0, 0.05) is 56.3 Å². The van der Waals surface area contributed by atoms with E-state index in [1.54, 1.807) is 32.9 Å². The molecular formula is C22H27ClIN7O. The second kappa shape index (κ2) is 11.4. The average molecular weight is 568 g/mol. The summed E-state index contributed by atoms with van der Waals surface area (Å²) in [6.45, 7) is 2.41. The Balaban J connectivity index is 0.00000289. The first-order valence-corrected chi connectivity index (χ1v) is 10.5. The van der Waals surface area contributed by atoms with E-state index in [0.29, 0.717) is 11.6 Å². The zero-order valence-corrected chi connectivity index (χ0v) is 21.1. The number of pyridine rings is 1. The Labute approximate surface area is 210 Å². The van der Waals surface area contributed by atoms with Gasteiger partial charge in [-0.2, -0.15) is 0 Å². The lowest BCUT2D eigenvalue weighted by Gasteiger charge is -2.22. The van der Waals surface area contributed by atoms with Crippen LogP contribution in [0.1, 0.15) is 12.0 Å². The van der Waals surface area contributed by atoms with Crippen molar-refractivity contribution >= 4 is 47.2 Å². The molecular weight excluding hydrogens is 541 g/mol. The highest BCUT2D eigenvalue weighted by Gasteiger charge is 2.25. The molecule has 1 aliphatic rings. The van der Waals surface area contributed by atoms with E-state index >= 15 is 0 Å². The third kappa shape index (κ3) is 5.83. The van der Waals surface area contributed by atoms with Crippen LogP contribution in [0.4, 0.5) is 5.69 Å². The fourth-order valence-corrected chi connectivity index (χ4v) is 3.85. The molecule has 0 aliphatic carbocycles. The maximum Gasteiger partial charge on any atom is 0.191 e. The number of methoxy groups -OCH3 is 1. The molecule has 3 heterocycles. The SMILES string of the molecule is CN=C(NCc1ccnc(-n2ccnc2)c1)NC1CCN(c2cc(Cl)ccc2OC)C1.I. The molecule has 3 aromatic rings. The number of ether oxygens (including phenoxy) is 1. The van der Waals surface area contributed by atoms with Crippen molar-refractivity contribution in [1.82, 2.24) is 25.2 Å². The Morgan fingerprint density at radius 3 is 2.91 bits per heavy atom. The third-order valence-electron chi connectivity index (χ3n) is 5.27. The minimum Gasteiger partial charge on any atom is -0.495 e. The molecule has 4 rings (SSSR count). The lowest BCUT2D eigenvalue weighted by molar-refractivity contribution is 0.415. The monoisotopic (exact) mass is 567 g/mol. The summed E-state index contributed by atoms with van der Waals surface area (Å²) < 4.78 is 7.39. The highest BCUT2D eigenvalue weighted by Crippen LogP contribution is 2.33. The number of imidazole rings is 1. The van der Waals surface area contributed by atoms with Crippen LogP contribution in [-0.2, 0) is 6.54 Å². The molecule has 0 bridgehead atoms. The van der Waals surface area contributed by atoms with E-state index in [-0.39, 0.29) is 30.0 Å². The number of nitrogens with one attached hydrogen (secondary N) is 2. The van der Waals surface area contributed by atoms with Crippen molar-refractivity contribution in [2.45, 2.75) is 19.0 Å². The highest BCUT2D eigenvalue weighted by molar-refractivity contribution is 14.0. The second-order valence-electron chi connectivity index (χ2n) is 7.31. The number of hydrogen-bond acceptors (Lipinski definition) is 5. The predicted molar refractivity (Wildman–Crippen MR) is 139 cm³/mol. The Morgan fingerprint density at radius 1 is 1.28 bits per heavy atom. The maximum absolute atomic E-state index is 6.20. The van der Waals surface area contributed by atoms with Crippen LogP contribution in [0.3, 0.4) is 0 Å². The van der Waals surface area contributed by atoms with Gasteiger partial charge in [0.05, 0.1) is 12.8 Å². The van der Waals surface area contributed by atoms with Gasteiger partial charge in [0.2, 0.25) is 0 Å². The largest absolute Gasteiger partial charge is 0.495 e. The number of nitrogens with zero attached hydrogens (tertiary/aromatic N) is 5. The molecule has 0 spiro atoms. The van der Waals surface area contributed by atoms with Crippen molar-refractivity contribution in [2.24, 2.45) is 4.99 Å². The van der Waals surface area contributed by atoms with Gasteiger partial charge < -0.3 is 20.3 Å². The molecule has 10 heteroatoms. The lowest BCUT2D eigenvalue weighted by Crippen LogP contribution is -2.44. The van der Waals surface area contributed by atoms with Gasteiger partial charge in [0.25, 0.3) is 0 Å². The summed E-state index contributed by atoms with van der Waals surface area (Å²) in [7, 11) is 3.47. The first kappa shape index (κ1) is 24.1. The van der Waals surface area contributed by atoms with E-state index in [1.165, 1.54) is 0 Å². The summed E-state index contributed by atoms with van der Waals surface area (Å²) in [5, 5.41) is 7.62. The molecule has 2 N–H and O–H groups in total. The number of guanidine groups is 1. The summed E-state index contributed by atoms with van der Waals surface area (Å²) >= 11 is 6.20. The van der Waals surface area contributed by atoms with Crippen molar-refractivity contribution in [3.05, 3.63) is 65.8 Å². The average Bonchev–Trinajstić information content (AvgIpc) is 3.49. The van der Waals surface area contributed by atoms with Gasteiger partial charge in [-0.3, -0.25) is 9.56 Å². The zero-order valence-electron chi connectivity index (χ0n) is 18.0. The van der Waals surface area contributed by atoms with Gasteiger partial charge in [-0.05, 0) is 42.3 Å². The summed E-state index contributed by atoms with van der Waals surface area (Å²) in [5.74, 6) is 2.44. The van der Waals surface area contributed by atoms with Crippen LogP contribution in [0.25, 0.3) is 5.82 Å². The van der Waals surface area contributed by atoms with Gasteiger partial charge in [-0.25, -0.2) is 9.97 Å². The molecule has 1 saturated heterocycles. The lowest BCUT2D eigenvalue weighted by atomic mass is 10.2. The minimum absolute atomic E-state index is 0. The van der Waals surface area contributed by atoms with E-state index in [9.17, 15) is 0 Å². The van der Waals surface area contributed by atoms with Gasteiger partial charge in [0.1, 0.15) is 17.9 Å². The normalized spacial score (nSPS) is 15.9. The molecule has 2 aromatic heterocycles. The van der Waals surface area contributed by atoms with Crippen LogP contribution < -0.4 is 20.3 Å². The van der Waals surface area contributed by atoms with Gasteiger partial charge in [0.15, 0.2) is 5.96 Å². The van der Waals surface area contributed by atoms with Crippen molar-refractivity contribution < 1.29 is 4.74 Å². The molecule has 1 aromatic carbocycles. The number of benzene rings is 1. The molecule has 32 heavy (non-hydrogen) atoms. The first-order chi connectivity index (χ1) is 15.2. The van der Waals surface area contributed by atoms with Crippen LogP contribution in [-0.4, -0.2) is 53.8 Å². The van der Waals surface area contributed by atoms with Crippen LogP contribution in [0, 0.1) is 0 Å².